The molecular weight excluding hydrogens is 134 g/mol. The molecule has 66 valence electrons. The number of hydrogen-bond acceptors (Lipinski definition) is 1. The number of hydrogen-bond donors (Lipinski definition) is 0. The molecule has 0 aromatic heterocycles. The fourth-order valence-electron chi connectivity index (χ4n) is 2.22. The molecule has 11 heavy (non-hydrogen) atoms. The molecule has 2 atom stereocenters. The average Bonchev–Trinajstić information content (AvgIpc) is 2.46. The van der Waals surface area contributed by atoms with Crippen LogP contribution in [0.3, 0.4) is 0 Å². The summed E-state index contributed by atoms with van der Waals surface area (Å²) in [6.45, 7) is 10.9. The van der Waals surface area contributed by atoms with Crippen LogP contribution in [0.5, 0.6) is 0 Å². The van der Waals surface area contributed by atoms with Gasteiger partial charge in [-0.25, -0.2) is 0 Å². The summed E-state index contributed by atoms with van der Waals surface area (Å²) in [6, 6.07) is 0. The van der Waals surface area contributed by atoms with Gasteiger partial charge in [0.25, 0.3) is 0 Å². The summed E-state index contributed by atoms with van der Waals surface area (Å²) in [5.74, 6) is 1.97. The first kappa shape index (κ1) is 9.05. The molecule has 1 nitrogen and oxygen atoms in total. The zero-order valence-corrected chi connectivity index (χ0v) is 8.14. The Bertz CT molecular complexity index is 99.4. The minimum Gasteiger partial charge on any atom is -0.303 e. The van der Waals surface area contributed by atoms with Crippen molar-refractivity contribution in [3.63, 3.8) is 0 Å². The van der Waals surface area contributed by atoms with Crippen LogP contribution in [-0.2, 0) is 0 Å². The molecule has 0 saturated carbocycles. The van der Waals surface area contributed by atoms with Gasteiger partial charge < -0.3 is 4.90 Å². The second-order valence-corrected chi connectivity index (χ2v) is 3.69. The van der Waals surface area contributed by atoms with Gasteiger partial charge >= 0.3 is 0 Å². The first-order valence-corrected chi connectivity index (χ1v) is 5.04. The van der Waals surface area contributed by atoms with Gasteiger partial charge in [-0.1, -0.05) is 33.6 Å². The van der Waals surface area contributed by atoms with Crippen LogP contribution in [0.25, 0.3) is 0 Å². The Morgan fingerprint density at radius 1 is 1.00 bits per heavy atom. The Morgan fingerprint density at radius 2 is 1.45 bits per heavy atom. The molecule has 1 heterocycles. The molecule has 0 aliphatic carbocycles. The third-order valence-electron chi connectivity index (χ3n) is 3.15. The highest BCUT2D eigenvalue weighted by Crippen LogP contribution is 2.27. The van der Waals surface area contributed by atoms with Gasteiger partial charge in [0.15, 0.2) is 0 Å². The fraction of sp³-hybridized carbons (Fsp3) is 1.00. The third-order valence-corrected chi connectivity index (χ3v) is 3.15. The van der Waals surface area contributed by atoms with Crippen molar-refractivity contribution in [2.75, 3.05) is 19.6 Å². The standard InChI is InChI=1S/C10H21N/c1-4-9-7-11(6-3)8-10(9)5-2/h9-10H,4-8H2,1-3H3/t9-,10-/m0/s1. The van der Waals surface area contributed by atoms with Crippen molar-refractivity contribution in [3.05, 3.63) is 0 Å². The summed E-state index contributed by atoms with van der Waals surface area (Å²) < 4.78 is 0. The van der Waals surface area contributed by atoms with E-state index in [9.17, 15) is 0 Å². The van der Waals surface area contributed by atoms with Crippen molar-refractivity contribution in [3.8, 4) is 0 Å². The predicted octanol–water partition coefficient (Wildman–Crippen LogP) is 2.37. The van der Waals surface area contributed by atoms with Crippen LogP contribution in [0.1, 0.15) is 33.6 Å². The van der Waals surface area contributed by atoms with Crippen molar-refractivity contribution in [1.82, 2.24) is 4.90 Å². The topological polar surface area (TPSA) is 3.24 Å². The average molecular weight is 155 g/mol. The molecule has 0 N–H and O–H groups in total. The highest BCUT2D eigenvalue weighted by Gasteiger charge is 2.28. The Morgan fingerprint density at radius 3 is 1.73 bits per heavy atom. The van der Waals surface area contributed by atoms with Crippen molar-refractivity contribution >= 4 is 0 Å². The lowest BCUT2D eigenvalue weighted by atomic mass is 9.92. The molecule has 0 unspecified atom stereocenters. The molecule has 1 fully saturated rings. The van der Waals surface area contributed by atoms with Crippen LogP contribution >= 0.6 is 0 Å². The van der Waals surface area contributed by atoms with E-state index in [-0.39, 0.29) is 0 Å². The Kier molecular flexibility index (Phi) is 3.38. The van der Waals surface area contributed by atoms with Crippen LogP contribution in [-0.4, -0.2) is 24.5 Å². The van der Waals surface area contributed by atoms with E-state index in [1.165, 1.54) is 32.5 Å². The molecule has 0 radical (unpaired) electrons. The van der Waals surface area contributed by atoms with E-state index < -0.39 is 0 Å². The smallest absolute Gasteiger partial charge is 0.00127 e. The van der Waals surface area contributed by atoms with Crippen LogP contribution < -0.4 is 0 Å². The Labute approximate surface area is 70.8 Å². The zero-order chi connectivity index (χ0) is 8.27. The molecule has 0 spiro atoms. The summed E-state index contributed by atoms with van der Waals surface area (Å²) in [7, 11) is 0. The summed E-state index contributed by atoms with van der Waals surface area (Å²) in [6.07, 6.45) is 2.74. The highest BCUT2D eigenvalue weighted by atomic mass is 15.1. The van der Waals surface area contributed by atoms with E-state index in [4.69, 9.17) is 0 Å². The summed E-state index contributed by atoms with van der Waals surface area (Å²) in [5.41, 5.74) is 0. The molecule has 1 heteroatoms. The minimum absolute atomic E-state index is 0.986. The number of rotatable bonds is 3. The van der Waals surface area contributed by atoms with Gasteiger partial charge in [0.1, 0.15) is 0 Å². The Balaban J connectivity index is 2.41. The quantitative estimate of drug-likeness (QED) is 0.605. The van der Waals surface area contributed by atoms with Crippen LogP contribution in [0, 0.1) is 11.8 Å². The van der Waals surface area contributed by atoms with E-state index in [2.05, 4.69) is 25.7 Å². The predicted molar refractivity (Wildman–Crippen MR) is 49.7 cm³/mol. The molecule has 0 amide bonds. The third kappa shape index (κ3) is 1.96. The van der Waals surface area contributed by atoms with E-state index in [0.29, 0.717) is 0 Å². The van der Waals surface area contributed by atoms with E-state index in [1.54, 1.807) is 0 Å². The molecule has 1 rings (SSSR count). The van der Waals surface area contributed by atoms with Gasteiger partial charge in [-0.3, -0.25) is 0 Å². The summed E-state index contributed by atoms with van der Waals surface area (Å²) in [5, 5.41) is 0. The molecule has 1 aliphatic rings. The van der Waals surface area contributed by atoms with E-state index in [0.717, 1.165) is 11.8 Å². The van der Waals surface area contributed by atoms with Gasteiger partial charge in [-0.2, -0.15) is 0 Å². The van der Waals surface area contributed by atoms with Gasteiger partial charge in [0.2, 0.25) is 0 Å². The van der Waals surface area contributed by atoms with Gasteiger partial charge in [0, 0.05) is 13.1 Å². The van der Waals surface area contributed by atoms with Crippen LogP contribution in [0.4, 0.5) is 0 Å². The Hall–Kier alpha value is -0.0400. The lowest BCUT2D eigenvalue weighted by Crippen LogP contribution is -2.19. The molecule has 1 saturated heterocycles. The molecule has 0 aromatic carbocycles. The monoisotopic (exact) mass is 155 g/mol. The maximum atomic E-state index is 2.59. The van der Waals surface area contributed by atoms with Crippen molar-refractivity contribution in [1.29, 1.82) is 0 Å². The summed E-state index contributed by atoms with van der Waals surface area (Å²) in [4.78, 5) is 2.59. The molecular formula is C10H21N. The number of likely N-dealkylation sites (tertiary alicyclic amines) is 1. The van der Waals surface area contributed by atoms with E-state index in [1.807, 2.05) is 0 Å². The summed E-state index contributed by atoms with van der Waals surface area (Å²) >= 11 is 0. The first-order valence-electron chi connectivity index (χ1n) is 5.04. The number of nitrogens with zero attached hydrogens (tertiary/aromatic N) is 1. The normalized spacial score (nSPS) is 33.0. The second kappa shape index (κ2) is 4.10. The van der Waals surface area contributed by atoms with Crippen LogP contribution in [0.15, 0.2) is 0 Å². The van der Waals surface area contributed by atoms with E-state index >= 15 is 0 Å². The fourth-order valence-corrected chi connectivity index (χ4v) is 2.22. The highest BCUT2D eigenvalue weighted by molar-refractivity contribution is 4.81. The lowest BCUT2D eigenvalue weighted by Gasteiger charge is -2.12. The van der Waals surface area contributed by atoms with Gasteiger partial charge in [-0.05, 0) is 18.4 Å². The van der Waals surface area contributed by atoms with Gasteiger partial charge in [0.05, 0.1) is 0 Å². The largest absolute Gasteiger partial charge is 0.303 e. The second-order valence-electron chi connectivity index (χ2n) is 3.69. The first-order chi connectivity index (χ1) is 5.31. The van der Waals surface area contributed by atoms with Gasteiger partial charge in [-0.15, -0.1) is 0 Å². The maximum Gasteiger partial charge on any atom is 0.00127 e. The van der Waals surface area contributed by atoms with Crippen molar-refractivity contribution in [2.45, 2.75) is 33.6 Å². The lowest BCUT2D eigenvalue weighted by molar-refractivity contribution is 0.337. The molecule has 0 bridgehead atoms. The zero-order valence-electron chi connectivity index (χ0n) is 8.14. The maximum absolute atomic E-state index is 2.59. The minimum atomic E-state index is 0.986. The van der Waals surface area contributed by atoms with Crippen molar-refractivity contribution in [2.24, 2.45) is 11.8 Å². The molecule has 1 aliphatic heterocycles. The molecule has 0 aromatic rings. The SMILES string of the molecule is CC[C@H]1CN(CC)C[C@@H]1CC. The van der Waals surface area contributed by atoms with Crippen molar-refractivity contribution < 1.29 is 0 Å². The van der Waals surface area contributed by atoms with Crippen LogP contribution in [0.2, 0.25) is 0 Å².